The molecule has 0 aliphatic heterocycles. The summed E-state index contributed by atoms with van der Waals surface area (Å²) < 4.78 is 15.2. The van der Waals surface area contributed by atoms with Crippen LogP contribution >= 0.6 is 23.1 Å². The predicted octanol–water partition coefficient (Wildman–Crippen LogP) is 3.26. The van der Waals surface area contributed by atoms with Crippen molar-refractivity contribution in [2.45, 2.75) is 24.4 Å². The smallest absolute Gasteiger partial charge is 0.271 e. The molecule has 29 heavy (non-hydrogen) atoms. The number of nitrogens with zero attached hydrogens (tertiary/aromatic N) is 3. The maximum atomic E-state index is 13.8. The molecule has 1 amide bonds. The number of thiophene rings is 1. The van der Waals surface area contributed by atoms with E-state index in [1.807, 2.05) is 0 Å². The fourth-order valence-electron chi connectivity index (χ4n) is 3.27. The van der Waals surface area contributed by atoms with Crippen molar-refractivity contribution in [1.82, 2.24) is 9.55 Å². The number of rotatable bonds is 5. The van der Waals surface area contributed by atoms with Gasteiger partial charge in [-0.2, -0.15) is 0 Å². The summed E-state index contributed by atoms with van der Waals surface area (Å²) in [5.41, 5.74) is 0.363. The van der Waals surface area contributed by atoms with Crippen LogP contribution in [-0.2, 0) is 24.7 Å². The van der Waals surface area contributed by atoms with E-state index < -0.39 is 16.6 Å². The zero-order valence-corrected chi connectivity index (χ0v) is 16.9. The molecular weight excluding hydrogens is 419 g/mol. The summed E-state index contributed by atoms with van der Waals surface area (Å²) in [6.07, 6.45) is 2.89. The molecule has 0 saturated carbocycles. The van der Waals surface area contributed by atoms with E-state index in [-0.39, 0.29) is 22.7 Å². The number of aryl methyl sites for hydroxylation is 2. The van der Waals surface area contributed by atoms with Crippen LogP contribution in [0.15, 0.2) is 28.2 Å². The van der Waals surface area contributed by atoms with Crippen LogP contribution in [0.25, 0.3) is 10.2 Å². The lowest BCUT2D eigenvalue weighted by Crippen LogP contribution is -2.21. The van der Waals surface area contributed by atoms with Gasteiger partial charge in [0.05, 0.1) is 21.7 Å². The van der Waals surface area contributed by atoms with Gasteiger partial charge in [0.25, 0.3) is 11.2 Å². The summed E-state index contributed by atoms with van der Waals surface area (Å²) in [4.78, 5) is 41.5. The lowest BCUT2D eigenvalue weighted by atomic mass is 10.2. The number of nitrogens with one attached hydrogen (secondary N) is 1. The number of non-ortho nitro benzene ring substituents is 1. The first-order valence-electron chi connectivity index (χ1n) is 8.73. The highest BCUT2D eigenvalue weighted by Crippen LogP contribution is 2.35. The number of halogens is 1. The fraction of sp³-hybridized carbons (Fsp3) is 0.278. The third-order valence-electron chi connectivity index (χ3n) is 4.67. The largest absolute Gasteiger partial charge is 0.323 e. The lowest BCUT2D eigenvalue weighted by molar-refractivity contribution is -0.384. The minimum atomic E-state index is -0.769. The normalized spacial score (nSPS) is 12.9. The minimum Gasteiger partial charge on any atom is -0.323 e. The van der Waals surface area contributed by atoms with E-state index in [9.17, 15) is 24.1 Å². The average molecular weight is 434 g/mol. The highest BCUT2D eigenvalue weighted by atomic mass is 32.2. The molecule has 2 heterocycles. The Morgan fingerprint density at radius 3 is 3.00 bits per heavy atom. The first-order valence-corrected chi connectivity index (χ1v) is 10.5. The van der Waals surface area contributed by atoms with Crippen LogP contribution in [-0.4, -0.2) is 26.1 Å². The third kappa shape index (κ3) is 3.62. The molecule has 150 valence electrons. The molecule has 4 rings (SSSR count). The molecule has 1 aliphatic carbocycles. The minimum absolute atomic E-state index is 0.126. The Labute approximate surface area is 171 Å². The molecule has 0 bridgehead atoms. The van der Waals surface area contributed by atoms with Crippen LogP contribution in [0.2, 0.25) is 0 Å². The van der Waals surface area contributed by atoms with Gasteiger partial charge in [-0.25, -0.2) is 9.37 Å². The molecule has 0 spiro atoms. The summed E-state index contributed by atoms with van der Waals surface area (Å²) in [5.74, 6) is -1.45. The van der Waals surface area contributed by atoms with Gasteiger partial charge in [-0.05, 0) is 30.9 Å². The standard InChI is InChI=1S/C18H15FN4O4S2/c1-22-17(25)15-10-3-2-4-13(10)29-16(15)21-18(22)28-8-14(24)20-12-7-9(23(26)27)5-6-11(12)19/h5-7H,2-4,8H2,1H3,(H,20,24). The second kappa shape index (κ2) is 7.56. The number of hydrogen-bond donors (Lipinski definition) is 1. The lowest BCUT2D eigenvalue weighted by Gasteiger charge is -2.09. The van der Waals surface area contributed by atoms with Crippen LogP contribution in [0.5, 0.6) is 0 Å². The number of nitro groups is 1. The van der Waals surface area contributed by atoms with Crippen molar-refractivity contribution in [2.24, 2.45) is 7.05 Å². The molecule has 8 nitrogen and oxygen atoms in total. The highest BCUT2D eigenvalue weighted by molar-refractivity contribution is 7.99. The molecule has 0 fully saturated rings. The number of carbonyl (C=O) groups excluding carboxylic acids is 1. The van der Waals surface area contributed by atoms with Gasteiger partial charge >= 0.3 is 0 Å². The summed E-state index contributed by atoms with van der Waals surface area (Å²) >= 11 is 2.57. The van der Waals surface area contributed by atoms with Gasteiger partial charge in [0, 0.05) is 24.1 Å². The van der Waals surface area contributed by atoms with Gasteiger partial charge in [0.15, 0.2) is 5.16 Å². The number of aromatic nitrogens is 2. The Morgan fingerprint density at radius 1 is 1.45 bits per heavy atom. The number of fused-ring (bicyclic) bond motifs is 3. The van der Waals surface area contributed by atoms with E-state index in [1.165, 1.54) is 20.8 Å². The molecule has 1 N–H and O–H groups in total. The van der Waals surface area contributed by atoms with Gasteiger partial charge in [0.2, 0.25) is 5.91 Å². The van der Waals surface area contributed by atoms with E-state index in [4.69, 9.17) is 0 Å². The Hall–Kier alpha value is -2.79. The van der Waals surface area contributed by atoms with Crippen molar-refractivity contribution < 1.29 is 14.1 Å². The number of thioether (sulfide) groups is 1. The Bertz CT molecular complexity index is 1220. The van der Waals surface area contributed by atoms with Gasteiger partial charge < -0.3 is 5.32 Å². The quantitative estimate of drug-likeness (QED) is 0.286. The zero-order chi connectivity index (χ0) is 20.7. The monoisotopic (exact) mass is 434 g/mol. The first-order chi connectivity index (χ1) is 13.8. The molecule has 2 aromatic heterocycles. The zero-order valence-electron chi connectivity index (χ0n) is 15.2. The van der Waals surface area contributed by atoms with Crippen LogP contribution in [0.1, 0.15) is 16.9 Å². The van der Waals surface area contributed by atoms with E-state index in [2.05, 4.69) is 10.3 Å². The maximum absolute atomic E-state index is 13.8. The second-order valence-electron chi connectivity index (χ2n) is 6.55. The van der Waals surface area contributed by atoms with E-state index >= 15 is 0 Å². The van der Waals surface area contributed by atoms with Crippen LogP contribution in [0.3, 0.4) is 0 Å². The topological polar surface area (TPSA) is 107 Å². The van der Waals surface area contributed by atoms with E-state index in [1.54, 1.807) is 7.05 Å². The molecule has 0 atom stereocenters. The fourth-order valence-corrected chi connectivity index (χ4v) is 5.35. The van der Waals surface area contributed by atoms with Gasteiger partial charge in [-0.1, -0.05) is 11.8 Å². The molecule has 1 aliphatic rings. The Morgan fingerprint density at radius 2 is 2.24 bits per heavy atom. The number of carbonyl (C=O) groups is 1. The van der Waals surface area contributed by atoms with Crippen LogP contribution < -0.4 is 10.9 Å². The highest BCUT2D eigenvalue weighted by Gasteiger charge is 2.23. The molecular formula is C18H15FN4O4S2. The molecule has 0 saturated heterocycles. The van der Waals surface area contributed by atoms with Crippen molar-refractivity contribution in [2.75, 3.05) is 11.1 Å². The summed E-state index contributed by atoms with van der Waals surface area (Å²) in [6, 6.07) is 2.91. The third-order valence-corrected chi connectivity index (χ3v) is 6.89. The van der Waals surface area contributed by atoms with Crippen LogP contribution in [0, 0.1) is 15.9 Å². The maximum Gasteiger partial charge on any atom is 0.271 e. The summed E-state index contributed by atoms with van der Waals surface area (Å²) in [7, 11) is 1.61. The van der Waals surface area contributed by atoms with Crippen molar-refractivity contribution in [1.29, 1.82) is 0 Å². The molecule has 11 heteroatoms. The number of hydrogen-bond acceptors (Lipinski definition) is 7. The predicted molar refractivity (Wildman–Crippen MR) is 109 cm³/mol. The van der Waals surface area contributed by atoms with Crippen molar-refractivity contribution in [3.05, 3.63) is 54.9 Å². The van der Waals surface area contributed by atoms with Crippen molar-refractivity contribution in [3.8, 4) is 0 Å². The number of amides is 1. The number of anilines is 1. The first kappa shape index (κ1) is 19.5. The van der Waals surface area contributed by atoms with Gasteiger partial charge in [-0.3, -0.25) is 24.3 Å². The molecule has 1 aromatic carbocycles. The Balaban J connectivity index is 1.52. The summed E-state index contributed by atoms with van der Waals surface area (Å²) in [5, 5.41) is 14.2. The molecule has 0 radical (unpaired) electrons. The Kier molecular flexibility index (Phi) is 5.09. The molecule has 3 aromatic rings. The van der Waals surface area contributed by atoms with E-state index in [0.717, 1.165) is 54.8 Å². The molecule has 0 unspecified atom stereocenters. The van der Waals surface area contributed by atoms with Crippen molar-refractivity contribution >= 4 is 50.6 Å². The van der Waals surface area contributed by atoms with Gasteiger partial charge in [0.1, 0.15) is 10.6 Å². The number of nitro benzene ring substituents is 1. The van der Waals surface area contributed by atoms with Crippen LogP contribution in [0.4, 0.5) is 15.8 Å². The van der Waals surface area contributed by atoms with Gasteiger partial charge in [-0.15, -0.1) is 11.3 Å². The van der Waals surface area contributed by atoms with Crippen molar-refractivity contribution in [3.63, 3.8) is 0 Å². The van der Waals surface area contributed by atoms with E-state index in [0.29, 0.717) is 15.4 Å². The second-order valence-corrected chi connectivity index (χ2v) is 8.58. The average Bonchev–Trinajstić information content (AvgIpc) is 3.25. The summed E-state index contributed by atoms with van der Waals surface area (Å²) in [6.45, 7) is 0. The number of benzene rings is 1. The SMILES string of the molecule is Cn1c(SCC(=O)Nc2cc([N+](=O)[O-])ccc2F)nc2sc3c(c2c1=O)CCC3.